The Hall–Kier alpha value is -2.01. The number of nitrogens with one attached hydrogen (secondary N) is 2. The first-order chi connectivity index (χ1) is 10.8. The maximum atomic E-state index is 5.70. The summed E-state index contributed by atoms with van der Waals surface area (Å²) in [6, 6.07) is 10.2. The number of hydrogen-bond acceptors (Lipinski definition) is 3. The summed E-state index contributed by atoms with van der Waals surface area (Å²) in [5, 5.41) is 10.7. The Bertz CT molecular complexity index is 564. The molecule has 2 aromatic rings. The van der Waals surface area contributed by atoms with Gasteiger partial charge in [-0.15, -0.1) is 0 Å². The summed E-state index contributed by atoms with van der Waals surface area (Å²) in [7, 11) is 0. The molecule has 0 saturated carbocycles. The van der Waals surface area contributed by atoms with Gasteiger partial charge in [0.2, 0.25) is 0 Å². The van der Waals surface area contributed by atoms with E-state index in [1.165, 1.54) is 11.1 Å². The van der Waals surface area contributed by atoms with Crippen molar-refractivity contribution in [3.63, 3.8) is 0 Å². The molecule has 4 nitrogen and oxygen atoms in total. The molecule has 22 heavy (non-hydrogen) atoms. The Labute approximate surface area is 136 Å². The Morgan fingerprint density at radius 1 is 1.18 bits per heavy atom. The van der Waals surface area contributed by atoms with E-state index in [1.807, 2.05) is 12.1 Å². The lowest BCUT2D eigenvalue weighted by molar-refractivity contribution is 0.322. The molecule has 1 heterocycles. The first-order valence-electron chi connectivity index (χ1n) is 7.50. The van der Waals surface area contributed by atoms with Crippen LogP contribution in [0.3, 0.4) is 0 Å². The minimum atomic E-state index is 0.603. The summed E-state index contributed by atoms with van der Waals surface area (Å²) < 4.78 is 5.70. The van der Waals surface area contributed by atoms with Crippen molar-refractivity contribution in [1.82, 2.24) is 10.6 Å². The highest BCUT2D eigenvalue weighted by atomic mass is 32.1. The van der Waals surface area contributed by atoms with Crippen LogP contribution in [-0.4, -0.2) is 25.7 Å². The Balaban J connectivity index is 1.74. The van der Waals surface area contributed by atoms with E-state index in [-0.39, 0.29) is 0 Å². The minimum Gasteiger partial charge on any atom is -0.492 e. The summed E-state index contributed by atoms with van der Waals surface area (Å²) in [5.74, 6) is 1.72. The number of ether oxygens (including phenoxy) is 1. The third kappa shape index (κ3) is 5.77. The molecular formula is C17H23N3OS. The molecule has 0 fully saturated rings. The second-order valence-corrected chi connectivity index (χ2v) is 5.70. The second kappa shape index (κ2) is 9.10. The maximum Gasteiger partial charge on any atom is 0.191 e. The predicted molar refractivity (Wildman–Crippen MR) is 93.8 cm³/mol. The Kier molecular flexibility index (Phi) is 6.77. The smallest absolute Gasteiger partial charge is 0.191 e. The van der Waals surface area contributed by atoms with Crippen molar-refractivity contribution >= 4 is 17.3 Å². The van der Waals surface area contributed by atoms with Gasteiger partial charge in [0.1, 0.15) is 12.4 Å². The van der Waals surface area contributed by atoms with Crippen LogP contribution in [0.2, 0.25) is 0 Å². The molecule has 0 aliphatic carbocycles. The first-order valence-corrected chi connectivity index (χ1v) is 8.45. The van der Waals surface area contributed by atoms with Gasteiger partial charge < -0.3 is 15.4 Å². The van der Waals surface area contributed by atoms with Gasteiger partial charge in [-0.05, 0) is 48.4 Å². The zero-order valence-electron chi connectivity index (χ0n) is 13.1. The van der Waals surface area contributed by atoms with Gasteiger partial charge in [-0.25, -0.2) is 4.99 Å². The third-order valence-electron chi connectivity index (χ3n) is 3.03. The van der Waals surface area contributed by atoms with Crippen LogP contribution in [0.15, 0.2) is 46.1 Å². The van der Waals surface area contributed by atoms with Crippen molar-refractivity contribution in [1.29, 1.82) is 0 Å². The fourth-order valence-electron chi connectivity index (χ4n) is 1.87. The highest BCUT2D eigenvalue weighted by molar-refractivity contribution is 7.07. The summed E-state index contributed by atoms with van der Waals surface area (Å²) in [6.07, 6.45) is 0. The topological polar surface area (TPSA) is 45.7 Å². The molecule has 2 rings (SSSR count). The third-order valence-corrected chi connectivity index (χ3v) is 3.76. The molecule has 0 saturated heterocycles. The second-order valence-electron chi connectivity index (χ2n) is 4.92. The van der Waals surface area contributed by atoms with E-state index in [4.69, 9.17) is 4.74 Å². The van der Waals surface area contributed by atoms with E-state index < -0.39 is 0 Å². The predicted octanol–water partition coefficient (Wildman–Crippen LogP) is 3.19. The number of benzene rings is 1. The molecule has 0 unspecified atom stereocenters. The molecule has 1 aromatic heterocycles. The van der Waals surface area contributed by atoms with Crippen molar-refractivity contribution in [3.8, 4) is 5.75 Å². The lowest BCUT2D eigenvalue weighted by Gasteiger charge is -2.12. The number of nitrogens with zero attached hydrogens (tertiary/aromatic N) is 1. The number of thiophene rings is 1. The summed E-state index contributed by atoms with van der Waals surface area (Å²) in [4.78, 5) is 4.56. The van der Waals surface area contributed by atoms with Crippen LogP contribution in [0, 0.1) is 6.92 Å². The highest BCUT2D eigenvalue weighted by Crippen LogP contribution is 2.10. The van der Waals surface area contributed by atoms with E-state index in [1.54, 1.807) is 11.3 Å². The molecule has 1 aromatic carbocycles. The molecule has 5 heteroatoms. The summed E-state index contributed by atoms with van der Waals surface area (Å²) in [5.41, 5.74) is 2.47. The van der Waals surface area contributed by atoms with Crippen molar-refractivity contribution in [2.45, 2.75) is 20.4 Å². The number of aryl methyl sites for hydroxylation is 1. The molecule has 2 N–H and O–H groups in total. The van der Waals surface area contributed by atoms with Gasteiger partial charge in [-0.1, -0.05) is 17.7 Å². The van der Waals surface area contributed by atoms with Gasteiger partial charge in [0, 0.05) is 6.54 Å². The molecular weight excluding hydrogens is 294 g/mol. The average molecular weight is 317 g/mol. The van der Waals surface area contributed by atoms with Crippen molar-refractivity contribution in [2.75, 3.05) is 19.7 Å². The van der Waals surface area contributed by atoms with E-state index in [9.17, 15) is 0 Å². The molecule has 0 aliphatic rings. The number of hydrogen-bond donors (Lipinski definition) is 2. The molecule has 118 valence electrons. The van der Waals surface area contributed by atoms with Crippen LogP contribution in [0.25, 0.3) is 0 Å². The SMILES string of the molecule is CCNC(=NCc1ccsc1)NCCOc1ccc(C)cc1. The van der Waals surface area contributed by atoms with Crippen LogP contribution < -0.4 is 15.4 Å². The Morgan fingerprint density at radius 3 is 2.68 bits per heavy atom. The summed E-state index contributed by atoms with van der Waals surface area (Å²) >= 11 is 1.69. The lowest BCUT2D eigenvalue weighted by Crippen LogP contribution is -2.39. The monoisotopic (exact) mass is 317 g/mol. The average Bonchev–Trinajstić information content (AvgIpc) is 3.04. The van der Waals surface area contributed by atoms with E-state index >= 15 is 0 Å². The molecule has 0 atom stereocenters. The van der Waals surface area contributed by atoms with Crippen molar-refractivity contribution in [2.24, 2.45) is 4.99 Å². The molecule has 0 radical (unpaired) electrons. The highest BCUT2D eigenvalue weighted by Gasteiger charge is 1.98. The van der Waals surface area contributed by atoms with Crippen LogP contribution >= 0.6 is 11.3 Å². The largest absolute Gasteiger partial charge is 0.492 e. The van der Waals surface area contributed by atoms with Gasteiger partial charge in [-0.3, -0.25) is 0 Å². The van der Waals surface area contributed by atoms with E-state index in [2.05, 4.69) is 58.4 Å². The van der Waals surface area contributed by atoms with Gasteiger partial charge in [-0.2, -0.15) is 11.3 Å². The maximum absolute atomic E-state index is 5.70. The van der Waals surface area contributed by atoms with Crippen LogP contribution in [0.4, 0.5) is 0 Å². The zero-order valence-corrected chi connectivity index (χ0v) is 14.0. The molecule has 0 bridgehead atoms. The van der Waals surface area contributed by atoms with Gasteiger partial charge in [0.25, 0.3) is 0 Å². The standard InChI is InChI=1S/C17H23N3OS/c1-3-18-17(20-12-15-8-11-22-13-15)19-9-10-21-16-6-4-14(2)5-7-16/h4-8,11,13H,3,9-10,12H2,1-2H3,(H2,18,19,20). The first kappa shape index (κ1) is 16.4. The normalized spacial score (nSPS) is 11.3. The lowest BCUT2D eigenvalue weighted by atomic mass is 10.2. The van der Waals surface area contributed by atoms with Crippen LogP contribution in [-0.2, 0) is 6.54 Å². The Morgan fingerprint density at radius 2 is 2.00 bits per heavy atom. The van der Waals surface area contributed by atoms with Crippen LogP contribution in [0.5, 0.6) is 5.75 Å². The molecule has 0 spiro atoms. The number of rotatable bonds is 7. The quantitative estimate of drug-likeness (QED) is 0.468. The molecule has 0 aliphatic heterocycles. The summed E-state index contributed by atoms with van der Waals surface area (Å²) in [6.45, 7) is 6.98. The zero-order chi connectivity index (χ0) is 15.6. The van der Waals surface area contributed by atoms with Crippen molar-refractivity contribution < 1.29 is 4.74 Å². The van der Waals surface area contributed by atoms with E-state index in [0.29, 0.717) is 19.7 Å². The van der Waals surface area contributed by atoms with Gasteiger partial charge in [0.05, 0.1) is 13.1 Å². The number of guanidine groups is 1. The van der Waals surface area contributed by atoms with Crippen LogP contribution in [0.1, 0.15) is 18.1 Å². The number of aliphatic imine (C=N–C) groups is 1. The van der Waals surface area contributed by atoms with Gasteiger partial charge >= 0.3 is 0 Å². The van der Waals surface area contributed by atoms with E-state index in [0.717, 1.165) is 18.3 Å². The fourth-order valence-corrected chi connectivity index (χ4v) is 2.53. The molecule has 0 amide bonds. The minimum absolute atomic E-state index is 0.603. The fraction of sp³-hybridized carbons (Fsp3) is 0.353. The van der Waals surface area contributed by atoms with Gasteiger partial charge in [0.15, 0.2) is 5.96 Å². The van der Waals surface area contributed by atoms with Crippen molar-refractivity contribution in [3.05, 3.63) is 52.2 Å².